The van der Waals surface area contributed by atoms with E-state index < -0.39 is 16.5 Å². The Kier molecular flexibility index (Phi) is 3.26. The van der Waals surface area contributed by atoms with Crippen LogP contribution in [-0.4, -0.2) is 37.1 Å². The summed E-state index contributed by atoms with van der Waals surface area (Å²) in [6.45, 7) is 2.07. The summed E-state index contributed by atoms with van der Waals surface area (Å²) in [4.78, 5) is 19.9. The third-order valence-electron chi connectivity index (χ3n) is 2.73. The van der Waals surface area contributed by atoms with Gasteiger partial charge in [0, 0.05) is 24.8 Å². The van der Waals surface area contributed by atoms with Gasteiger partial charge in [-0.15, -0.1) is 5.11 Å². The van der Waals surface area contributed by atoms with E-state index in [9.17, 15) is 4.79 Å². The number of hydrogen-bond acceptors (Lipinski definition) is 7. The Balaban J connectivity index is 1.95. The first-order valence-corrected chi connectivity index (χ1v) is 6.87. The van der Waals surface area contributed by atoms with Gasteiger partial charge < -0.3 is 4.74 Å². The van der Waals surface area contributed by atoms with Crippen LogP contribution < -0.4 is 0 Å². The van der Waals surface area contributed by atoms with E-state index in [1.54, 1.807) is 53.5 Å². The zero-order valence-corrected chi connectivity index (χ0v) is 11.5. The van der Waals surface area contributed by atoms with Crippen LogP contribution in [0.1, 0.15) is 6.92 Å². The van der Waals surface area contributed by atoms with Gasteiger partial charge in [0.05, 0.1) is 19.3 Å². The van der Waals surface area contributed by atoms with Crippen molar-refractivity contribution in [1.82, 2.24) is 19.1 Å². The minimum Gasteiger partial charge on any atom is -0.464 e. The third-order valence-corrected chi connectivity index (χ3v) is 4.06. The number of rotatable bonds is 4. The molecule has 0 aliphatic carbocycles. The Bertz CT molecular complexity index is 575. The fourth-order valence-corrected chi connectivity index (χ4v) is 2.97. The van der Waals surface area contributed by atoms with Crippen LogP contribution in [0.15, 0.2) is 47.7 Å². The fraction of sp³-hybridized carbons (Fsp3) is 0.364. The molecule has 0 N–H and O–H groups in total. The highest BCUT2D eigenvalue weighted by molar-refractivity contribution is 8.01. The van der Waals surface area contributed by atoms with Crippen molar-refractivity contribution in [2.24, 2.45) is 10.2 Å². The molecule has 1 unspecified atom stereocenters. The normalized spacial score (nSPS) is 20.1. The molecular weight excluding hydrogens is 280 g/mol. The monoisotopic (exact) mass is 292 g/mol. The zero-order chi connectivity index (χ0) is 14.0. The molecular formula is C11H12N6O2S. The quantitative estimate of drug-likeness (QED) is 0.792. The number of esters is 1. The lowest BCUT2D eigenvalue weighted by atomic mass is 10.6. The molecule has 3 rings (SSSR count). The van der Waals surface area contributed by atoms with E-state index in [0.717, 1.165) is 0 Å². The van der Waals surface area contributed by atoms with Gasteiger partial charge in [-0.1, -0.05) is 0 Å². The van der Waals surface area contributed by atoms with E-state index in [2.05, 4.69) is 20.2 Å². The van der Waals surface area contributed by atoms with Gasteiger partial charge in [-0.05, 0) is 18.7 Å². The molecule has 0 saturated heterocycles. The molecule has 1 aliphatic rings. The molecule has 2 aromatic rings. The second kappa shape index (κ2) is 5.08. The Labute approximate surface area is 118 Å². The van der Waals surface area contributed by atoms with E-state index in [0.29, 0.717) is 6.61 Å². The second-order valence-electron chi connectivity index (χ2n) is 3.95. The van der Waals surface area contributed by atoms with Crippen molar-refractivity contribution in [3.63, 3.8) is 0 Å². The molecule has 0 amide bonds. The highest BCUT2D eigenvalue weighted by atomic mass is 32.2. The fourth-order valence-electron chi connectivity index (χ4n) is 1.85. The van der Waals surface area contributed by atoms with Gasteiger partial charge in [-0.3, -0.25) is 9.13 Å². The maximum atomic E-state index is 11.8. The highest BCUT2D eigenvalue weighted by Gasteiger charge is 2.45. The van der Waals surface area contributed by atoms with Gasteiger partial charge >= 0.3 is 5.97 Å². The summed E-state index contributed by atoms with van der Waals surface area (Å²) in [6.07, 6.45) is 10.1. The van der Waals surface area contributed by atoms with E-state index in [1.165, 1.54) is 11.8 Å². The summed E-state index contributed by atoms with van der Waals surface area (Å²) in [7, 11) is 0. The molecule has 0 aromatic carbocycles. The van der Waals surface area contributed by atoms with Crippen molar-refractivity contribution in [3.05, 3.63) is 37.4 Å². The lowest BCUT2D eigenvalue weighted by Gasteiger charge is -2.26. The van der Waals surface area contributed by atoms with E-state index in [4.69, 9.17) is 4.74 Å². The lowest BCUT2D eigenvalue weighted by molar-refractivity contribution is -0.142. The van der Waals surface area contributed by atoms with Crippen molar-refractivity contribution in [2.45, 2.75) is 17.4 Å². The van der Waals surface area contributed by atoms with Crippen molar-refractivity contribution in [3.8, 4) is 0 Å². The minimum absolute atomic E-state index is 0.314. The number of carbonyl (C=O) groups is 1. The zero-order valence-electron chi connectivity index (χ0n) is 10.7. The number of carbonyl (C=O) groups excluding carboxylic acids is 1. The van der Waals surface area contributed by atoms with Crippen LogP contribution in [0.3, 0.4) is 0 Å². The topological polar surface area (TPSA) is 86.7 Å². The van der Waals surface area contributed by atoms with Gasteiger partial charge in [0.2, 0.25) is 5.37 Å². The molecule has 1 aliphatic heterocycles. The van der Waals surface area contributed by atoms with Gasteiger partial charge in [0.25, 0.3) is 5.12 Å². The van der Waals surface area contributed by atoms with E-state index in [1.807, 2.05) is 0 Å². The predicted molar refractivity (Wildman–Crippen MR) is 70.7 cm³/mol. The van der Waals surface area contributed by atoms with Crippen molar-refractivity contribution in [2.75, 3.05) is 6.61 Å². The number of ether oxygens (including phenoxy) is 1. The van der Waals surface area contributed by atoms with Gasteiger partial charge in [0.1, 0.15) is 0 Å². The molecule has 9 heteroatoms. The Morgan fingerprint density at radius 3 is 2.45 bits per heavy atom. The molecule has 0 spiro atoms. The lowest BCUT2D eigenvalue weighted by Crippen LogP contribution is -2.34. The second-order valence-corrected chi connectivity index (χ2v) is 5.18. The summed E-state index contributed by atoms with van der Waals surface area (Å²) in [5.41, 5.74) is 0. The van der Waals surface area contributed by atoms with Crippen LogP contribution in [0.25, 0.3) is 0 Å². The van der Waals surface area contributed by atoms with Crippen LogP contribution in [0.4, 0.5) is 0 Å². The first kappa shape index (κ1) is 12.9. The number of azo groups is 1. The van der Waals surface area contributed by atoms with Crippen LogP contribution in [-0.2, 0) is 14.7 Å². The number of hydrogen-bond donors (Lipinski definition) is 0. The Morgan fingerprint density at radius 2 is 1.95 bits per heavy atom. The average molecular weight is 292 g/mol. The smallest absolute Gasteiger partial charge is 0.343 e. The van der Waals surface area contributed by atoms with Gasteiger partial charge in [0.15, 0.2) is 0 Å². The van der Waals surface area contributed by atoms with E-state index >= 15 is 0 Å². The molecule has 8 nitrogen and oxygen atoms in total. The third kappa shape index (κ3) is 1.99. The van der Waals surface area contributed by atoms with Crippen LogP contribution in [0.2, 0.25) is 0 Å². The Hall–Kier alpha value is -2.16. The molecule has 20 heavy (non-hydrogen) atoms. The summed E-state index contributed by atoms with van der Waals surface area (Å²) in [5, 5.41) is 6.69. The maximum Gasteiger partial charge on any atom is 0.343 e. The molecule has 0 bridgehead atoms. The van der Waals surface area contributed by atoms with Crippen LogP contribution in [0, 0.1) is 0 Å². The van der Waals surface area contributed by atoms with E-state index in [-0.39, 0.29) is 0 Å². The largest absolute Gasteiger partial charge is 0.464 e. The van der Waals surface area contributed by atoms with Crippen LogP contribution >= 0.6 is 11.8 Å². The first-order chi connectivity index (χ1) is 9.76. The standard InChI is InChI=1S/C11H12N6O2S/c1-2-19-10(18)9-14-15-11(20-9,16-5-3-12-7-16)17-6-4-13-8-17/h3-9H,2H2,1H3. The van der Waals surface area contributed by atoms with Gasteiger partial charge in [-0.2, -0.15) is 5.11 Å². The summed E-state index contributed by atoms with van der Waals surface area (Å²) in [5.74, 6) is -0.400. The van der Waals surface area contributed by atoms with Crippen molar-refractivity contribution < 1.29 is 9.53 Å². The minimum atomic E-state index is -0.926. The average Bonchev–Trinajstić information content (AvgIpc) is 3.20. The Morgan fingerprint density at radius 1 is 1.30 bits per heavy atom. The van der Waals surface area contributed by atoms with Crippen molar-refractivity contribution >= 4 is 17.7 Å². The molecule has 3 heterocycles. The molecule has 104 valence electrons. The molecule has 1 atom stereocenters. The number of nitrogens with zero attached hydrogens (tertiary/aromatic N) is 6. The number of aromatic nitrogens is 4. The van der Waals surface area contributed by atoms with Gasteiger partial charge in [-0.25, -0.2) is 14.8 Å². The molecule has 0 fully saturated rings. The molecule has 0 saturated carbocycles. The summed E-state index contributed by atoms with van der Waals surface area (Å²) < 4.78 is 8.52. The van der Waals surface area contributed by atoms with Crippen molar-refractivity contribution in [1.29, 1.82) is 0 Å². The highest BCUT2D eigenvalue weighted by Crippen LogP contribution is 2.43. The first-order valence-electron chi connectivity index (χ1n) is 5.99. The van der Waals surface area contributed by atoms with Crippen LogP contribution in [0.5, 0.6) is 0 Å². The molecule has 0 radical (unpaired) electrons. The number of imidazole rings is 2. The molecule has 2 aromatic heterocycles. The SMILES string of the molecule is CCOC(=O)C1N=NC(n2ccnc2)(n2ccnc2)S1. The number of thioether (sulfide) groups is 1. The summed E-state index contributed by atoms with van der Waals surface area (Å²) in [6, 6.07) is 0. The predicted octanol–water partition coefficient (Wildman–Crippen LogP) is 1.28. The summed E-state index contributed by atoms with van der Waals surface area (Å²) >= 11 is 1.26. The maximum absolute atomic E-state index is 11.8.